The van der Waals surface area contributed by atoms with E-state index in [-0.39, 0.29) is 5.69 Å². The van der Waals surface area contributed by atoms with Crippen molar-refractivity contribution in [2.24, 2.45) is 5.73 Å². The molecule has 4 nitrogen and oxygen atoms in total. The number of aryl methyl sites for hydroxylation is 1. The minimum atomic E-state index is -0.584. The van der Waals surface area contributed by atoms with Crippen molar-refractivity contribution in [1.82, 2.24) is 4.98 Å². The van der Waals surface area contributed by atoms with Crippen LogP contribution in [0.1, 0.15) is 16.1 Å². The van der Waals surface area contributed by atoms with Crippen LogP contribution in [0.4, 0.5) is 0 Å². The van der Waals surface area contributed by atoms with Crippen LogP contribution in [-0.4, -0.2) is 10.9 Å². The van der Waals surface area contributed by atoms with Crippen LogP contribution < -0.4 is 5.73 Å². The van der Waals surface area contributed by atoms with Crippen LogP contribution in [0.15, 0.2) is 35.1 Å². The van der Waals surface area contributed by atoms with Crippen molar-refractivity contribution in [1.29, 1.82) is 0 Å². The lowest BCUT2D eigenvalue weighted by molar-refractivity contribution is 0.0996. The molecule has 4 heteroatoms. The maximum absolute atomic E-state index is 11.0. The summed E-state index contributed by atoms with van der Waals surface area (Å²) >= 11 is 0. The highest BCUT2D eigenvalue weighted by molar-refractivity contribution is 5.96. The normalized spacial score (nSPS) is 10.2. The van der Waals surface area contributed by atoms with Crippen molar-refractivity contribution in [2.75, 3.05) is 0 Å². The molecule has 0 aliphatic rings. The molecule has 1 heterocycles. The third-order valence-corrected chi connectivity index (χ3v) is 2.11. The van der Waals surface area contributed by atoms with E-state index in [0.29, 0.717) is 5.76 Å². The standard InChI is InChI=1S/C11H10N2O2/c1-7-2-4-8(5-3-7)10-9(11(12)14)13-6-15-10/h2-6H,1H3,(H2,12,14). The van der Waals surface area contributed by atoms with Gasteiger partial charge in [-0.15, -0.1) is 0 Å². The summed E-state index contributed by atoms with van der Waals surface area (Å²) in [5, 5.41) is 0. The molecule has 1 amide bonds. The number of primary amides is 1. The van der Waals surface area contributed by atoms with Gasteiger partial charge in [-0.05, 0) is 6.92 Å². The van der Waals surface area contributed by atoms with E-state index >= 15 is 0 Å². The molecule has 2 aromatic rings. The van der Waals surface area contributed by atoms with Crippen molar-refractivity contribution in [2.45, 2.75) is 6.92 Å². The van der Waals surface area contributed by atoms with E-state index in [1.165, 1.54) is 6.39 Å². The zero-order valence-electron chi connectivity index (χ0n) is 8.23. The first-order chi connectivity index (χ1) is 7.18. The zero-order chi connectivity index (χ0) is 10.8. The van der Waals surface area contributed by atoms with Gasteiger partial charge in [-0.3, -0.25) is 4.79 Å². The number of oxazole rings is 1. The van der Waals surface area contributed by atoms with Crippen LogP contribution in [0.2, 0.25) is 0 Å². The smallest absolute Gasteiger partial charge is 0.271 e. The molecule has 2 rings (SSSR count). The number of hydrogen-bond acceptors (Lipinski definition) is 3. The van der Waals surface area contributed by atoms with Gasteiger partial charge in [0.05, 0.1) is 0 Å². The zero-order valence-corrected chi connectivity index (χ0v) is 8.23. The van der Waals surface area contributed by atoms with E-state index in [1.807, 2.05) is 31.2 Å². The van der Waals surface area contributed by atoms with Gasteiger partial charge in [-0.2, -0.15) is 0 Å². The molecule has 0 fully saturated rings. The van der Waals surface area contributed by atoms with Gasteiger partial charge in [0.15, 0.2) is 17.8 Å². The summed E-state index contributed by atoms with van der Waals surface area (Å²) in [5.74, 6) is -0.165. The fourth-order valence-corrected chi connectivity index (χ4v) is 1.33. The van der Waals surface area contributed by atoms with Crippen molar-refractivity contribution in [3.05, 3.63) is 41.9 Å². The Labute approximate surface area is 86.7 Å². The lowest BCUT2D eigenvalue weighted by atomic mass is 10.1. The van der Waals surface area contributed by atoms with E-state index in [2.05, 4.69) is 4.98 Å². The van der Waals surface area contributed by atoms with E-state index in [0.717, 1.165) is 11.1 Å². The van der Waals surface area contributed by atoms with Gasteiger partial charge < -0.3 is 10.2 Å². The summed E-state index contributed by atoms with van der Waals surface area (Å²) in [6.45, 7) is 1.99. The molecule has 0 saturated heterocycles. The average molecular weight is 202 g/mol. The summed E-state index contributed by atoms with van der Waals surface area (Å²) in [7, 11) is 0. The number of benzene rings is 1. The minimum absolute atomic E-state index is 0.166. The molecule has 0 unspecified atom stereocenters. The third-order valence-electron chi connectivity index (χ3n) is 2.11. The first kappa shape index (κ1) is 9.45. The van der Waals surface area contributed by atoms with Crippen LogP contribution in [0.3, 0.4) is 0 Å². The molecule has 0 bridgehead atoms. The van der Waals surface area contributed by atoms with E-state index in [1.54, 1.807) is 0 Å². The highest BCUT2D eigenvalue weighted by Gasteiger charge is 2.14. The SMILES string of the molecule is Cc1ccc(-c2ocnc2C(N)=O)cc1. The van der Waals surface area contributed by atoms with Gasteiger partial charge in [0.1, 0.15) is 0 Å². The Kier molecular flexibility index (Phi) is 2.25. The molecule has 0 spiro atoms. The van der Waals surface area contributed by atoms with Crippen LogP contribution in [0, 0.1) is 6.92 Å². The minimum Gasteiger partial charge on any atom is -0.443 e. The van der Waals surface area contributed by atoms with E-state index < -0.39 is 5.91 Å². The number of hydrogen-bond donors (Lipinski definition) is 1. The second-order valence-corrected chi connectivity index (χ2v) is 3.26. The molecule has 0 aliphatic heterocycles. The molecule has 0 radical (unpaired) electrons. The van der Waals surface area contributed by atoms with E-state index in [9.17, 15) is 4.79 Å². The van der Waals surface area contributed by atoms with E-state index in [4.69, 9.17) is 10.2 Å². The predicted molar refractivity (Wildman–Crippen MR) is 55.2 cm³/mol. The number of rotatable bonds is 2. The van der Waals surface area contributed by atoms with Gasteiger partial charge in [-0.25, -0.2) is 4.98 Å². The largest absolute Gasteiger partial charge is 0.443 e. The first-order valence-corrected chi connectivity index (χ1v) is 4.49. The van der Waals surface area contributed by atoms with Gasteiger partial charge in [-0.1, -0.05) is 29.8 Å². The Morgan fingerprint density at radius 2 is 2.00 bits per heavy atom. The van der Waals surface area contributed by atoms with Crippen LogP contribution in [-0.2, 0) is 0 Å². The molecule has 2 N–H and O–H groups in total. The van der Waals surface area contributed by atoms with Crippen molar-refractivity contribution in [3.8, 4) is 11.3 Å². The molecular formula is C11H10N2O2. The molecule has 1 aromatic carbocycles. The summed E-state index contributed by atoms with van der Waals surface area (Å²) in [6.07, 6.45) is 1.22. The van der Waals surface area contributed by atoms with Crippen LogP contribution in [0.5, 0.6) is 0 Å². The van der Waals surface area contributed by atoms with Crippen molar-refractivity contribution < 1.29 is 9.21 Å². The highest BCUT2D eigenvalue weighted by Crippen LogP contribution is 2.22. The van der Waals surface area contributed by atoms with Gasteiger partial charge >= 0.3 is 0 Å². The molecule has 0 aliphatic carbocycles. The molecule has 76 valence electrons. The van der Waals surface area contributed by atoms with Gasteiger partial charge in [0, 0.05) is 5.56 Å². The quantitative estimate of drug-likeness (QED) is 0.806. The number of carbonyl (C=O) groups is 1. The molecular weight excluding hydrogens is 192 g/mol. The lowest BCUT2D eigenvalue weighted by Crippen LogP contribution is -2.12. The monoisotopic (exact) mass is 202 g/mol. The second-order valence-electron chi connectivity index (χ2n) is 3.26. The van der Waals surface area contributed by atoms with Crippen molar-refractivity contribution >= 4 is 5.91 Å². The average Bonchev–Trinajstić information content (AvgIpc) is 2.67. The van der Waals surface area contributed by atoms with Crippen molar-refractivity contribution in [3.63, 3.8) is 0 Å². The summed E-state index contributed by atoms with van der Waals surface area (Å²) in [4.78, 5) is 14.8. The topological polar surface area (TPSA) is 69.1 Å². The lowest BCUT2D eigenvalue weighted by Gasteiger charge is -1.98. The number of nitrogens with two attached hydrogens (primary N) is 1. The first-order valence-electron chi connectivity index (χ1n) is 4.49. The predicted octanol–water partition coefficient (Wildman–Crippen LogP) is 1.75. The summed E-state index contributed by atoms with van der Waals surface area (Å²) in [6, 6.07) is 7.59. The van der Waals surface area contributed by atoms with Gasteiger partial charge in [0.2, 0.25) is 0 Å². The number of carbonyl (C=O) groups excluding carboxylic acids is 1. The number of nitrogens with zero attached hydrogens (tertiary/aromatic N) is 1. The molecule has 1 aromatic heterocycles. The van der Waals surface area contributed by atoms with Crippen LogP contribution in [0.25, 0.3) is 11.3 Å². The fourth-order valence-electron chi connectivity index (χ4n) is 1.33. The Morgan fingerprint density at radius 1 is 1.33 bits per heavy atom. The molecule has 0 saturated carbocycles. The number of aromatic nitrogens is 1. The molecule has 0 atom stereocenters. The number of amides is 1. The Balaban J connectivity index is 2.49. The maximum Gasteiger partial charge on any atom is 0.271 e. The molecule has 15 heavy (non-hydrogen) atoms. The Bertz CT molecular complexity index is 486. The van der Waals surface area contributed by atoms with Gasteiger partial charge in [0.25, 0.3) is 5.91 Å². The van der Waals surface area contributed by atoms with Crippen LogP contribution >= 0.6 is 0 Å². The third kappa shape index (κ3) is 1.74. The fraction of sp³-hybridized carbons (Fsp3) is 0.0909. The summed E-state index contributed by atoms with van der Waals surface area (Å²) in [5.41, 5.74) is 7.27. The summed E-state index contributed by atoms with van der Waals surface area (Å²) < 4.78 is 5.14. The highest BCUT2D eigenvalue weighted by atomic mass is 16.3. The Morgan fingerprint density at radius 3 is 2.60 bits per heavy atom. The maximum atomic E-state index is 11.0. The second kappa shape index (κ2) is 3.57. The Hall–Kier alpha value is -2.10.